The van der Waals surface area contributed by atoms with E-state index in [9.17, 15) is 22.4 Å². The average molecular weight is 512 g/mol. The number of alkyl halides is 3. The lowest BCUT2D eigenvalue weighted by atomic mass is 10.1. The fourth-order valence-electron chi connectivity index (χ4n) is 5.29. The Morgan fingerprint density at radius 3 is 2.62 bits per heavy atom. The quantitative estimate of drug-likeness (QED) is 0.286. The van der Waals surface area contributed by atoms with Crippen molar-refractivity contribution in [1.82, 2.24) is 29.4 Å². The first-order valence-electron chi connectivity index (χ1n) is 11.6. The molecule has 190 valence electrons. The number of aromatic nitrogens is 5. The lowest BCUT2D eigenvalue weighted by molar-refractivity contribution is -0.141. The van der Waals surface area contributed by atoms with E-state index in [-0.39, 0.29) is 42.1 Å². The lowest BCUT2D eigenvalue weighted by Crippen LogP contribution is -2.29. The number of hydrogen-bond acceptors (Lipinski definition) is 6. The van der Waals surface area contributed by atoms with E-state index in [1.165, 1.54) is 24.3 Å². The van der Waals surface area contributed by atoms with Gasteiger partial charge < -0.3 is 14.2 Å². The number of carbonyl (C=O) groups is 1. The van der Waals surface area contributed by atoms with E-state index in [1.54, 1.807) is 34.8 Å². The largest absolute Gasteiger partial charge is 0.477 e. The lowest BCUT2D eigenvalue weighted by Gasteiger charge is -2.24. The van der Waals surface area contributed by atoms with Crippen molar-refractivity contribution in [3.63, 3.8) is 0 Å². The Labute approximate surface area is 207 Å². The summed E-state index contributed by atoms with van der Waals surface area (Å²) in [7, 11) is 1.79. The molecule has 2 aliphatic rings. The molecule has 1 saturated carbocycles. The molecular weight excluding hydrogens is 492 g/mol. The van der Waals surface area contributed by atoms with Crippen molar-refractivity contribution in [3.05, 3.63) is 65.9 Å². The summed E-state index contributed by atoms with van der Waals surface area (Å²) in [6.07, 6.45) is -2.18. The van der Waals surface area contributed by atoms with Crippen LogP contribution < -0.4 is 4.74 Å². The molecule has 1 unspecified atom stereocenters. The van der Waals surface area contributed by atoms with Gasteiger partial charge in [0.15, 0.2) is 11.3 Å². The van der Waals surface area contributed by atoms with E-state index in [2.05, 4.69) is 15.0 Å². The van der Waals surface area contributed by atoms with Crippen LogP contribution in [-0.2, 0) is 18.0 Å². The predicted molar refractivity (Wildman–Crippen MR) is 122 cm³/mol. The van der Waals surface area contributed by atoms with Crippen LogP contribution in [-0.4, -0.2) is 49.0 Å². The molecule has 3 aromatic heterocycles. The number of carbonyl (C=O) groups excluding carboxylic acids is 1. The number of rotatable bonds is 6. The average Bonchev–Trinajstić information content (AvgIpc) is 3.23. The number of nitrogens with zero attached hydrogens (tertiary/aromatic N) is 6. The number of benzene rings is 1. The molecule has 2 fully saturated rings. The van der Waals surface area contributed by atoms with Gasteiger partial charge in [-0.15, -0.1) is 0 Å². The standard InChI is InChI=1S/C25H20F4N6O2/c1-34-23(13-5-7-14(26)8-6-13)33-22-24(34)31-17(9-30-22)21-20-15(10-35(21)12-36)16(20)11-37-19-4-2-3-18(32-19)25(27,28)29/h2-9,12,15-16,20-21H,10-11H2,1H3/t15-,16-,20-,21?/m1/s1. The number of aryl methyl sites for hydroxylation is 1. The molecule has 6 rings (SSSR count). The summed E-state index contributed by atoms with van der Waals surface area (Å²) in [6.45, 7) is 0.678. The maximum absolute atomic E-state index is 13.3. The van der Waals surface area contributed by atoms with E-state index in [0.29, 0.717) is 34.9 Å². The van der Waals surface area contributed by atoms with Crippen LogP contribution in [0, 0.1) is 23.6 Å². The Bertz CT molecular complexity index is 1490. The van der Waals surface area contributed by atoms with E-state index in [4.69, 9.17) is 9.72 Å². The molecule has 4 atom stereocenters. The van der Waals surface area contributed by atoms with Gasteiger partial charge in [-0.05, 0) is 42.2 Å². The van der Waals surface area contributed by atoms with Crippen LogP contribution in [0.3, 0.4) is 0 Å². The summed E-state index contributed by atoms with van der Waals surface area (Å²) >= 11 is 0. The van der Waals surface area contributed by atoms with Crippen molar-refractivity contribution in [2.45, 2.75) is 12.2 Å². The highest BCUT2D eigenvalue weighted by Crippen LogP contribution is 2.60. The second-order valence-electron chi connectivity index (χ2n) is 9.27. The molecule has 1 aromatic carbocycles. The van der Waals surface area contributed by atoms with Crippen molar-refractivity contribution in [3.8, 4) is 17.3 Å². The monoisotopic (exact) mass is 512 g/mol. The van der Waals surface area contributed by atoms with Crippen molar-refractivity contribution >= 4 is 17.7 Å². The first-order valence-corrected chi connectivity index (χ1v) is 11.6. The summed E-state index contributed by atoms with van der Waals surface area (Å²) < 4.78 is 59.6. The Hall–Kier alpha value is -4.09. The topological polar surface area (TPSA) is 86.0 Å². The van der Waals surface area contributed by atoms with Crippen LogP contribution in [0.15, 0.2) is 48.7 Å². The number of hydrogen-bond donors (Lipinski definition) is 0. The van der Waals surface area contributed by atoms with Gasteiger partial charge in [-0.3, -0.25) is 4.79 Å². The molecule has 4 heterocycles. The fourth-order valence-corrected chi connectivity index (χ4v) is 5.29. The molecule has 4 aromatic rings. The molecule has 1 saturated heterocycles. The number of fused-ring (bicyclic) bond motifs is 2. The molecular formula is C25H20F4N6O2. The minimum Gasteiger partial charge on any atom is -0.477 e. The number of pyridine rings is 1. The van der Waals surface area contributed by atoms with Crippen LogP contribution in [0.4, 0.5) is 17.6 Å². The highest BCUT2D eigenvalue weighted by Gasteiger charge is 2.62. The summed E-state index contributed by atoms with van der Waals surface area (Å²) in [5.74, 6) is 0.351. The summed E-state index contributed by atoms with van der Waals surface area (Å²) in [4.78, 5) is 30.8. The third kappa shape index (κ3) is 4.05. The molecule has 12 heteroatoms. The van der Waals surface area contributed by atoms with E-state index in [0.717, 1.165) is 12.5 Å². The Balaban J connectivity index is 1.23. The molecule has 0 radical (unpaired) electrons. The zero-order valence-corrected chi connectivity index (χ0v) is 19.4. The molecule has 1 aliphatic heterocycles. The Morgan fingerprint density at radius 2 is 1.89 bits per heavy atom. The highest BCUT2D eigenvalue weighted by atomic mass is 19.4. The fraction of sp³-hybridized carbons (Fsp3) is 0.320. The Morgan fingerprint density at radius 1 is 1.11 bits per heavy atom. The van der Waals surface area contributed by atoms with Crippen molar-refractivity contribution < 1.29 is 27.1 Å². The van der Waals surface area contributed by atoms with Crippen molar-refractivity contribution in [2.75, 3.05) is 13.2 Å². The van der Waals surface area contributed by atoms with Gasteiger partial charge in [0.25, 0.3) is 0 Å². The van der Waals surface area contributed by atoms with Crippen LogP contribution in [0.2, 0.25) is 0 Å². The van der Waals surface area contributed by atoms with Crippen LogP contribution in [0.1, 0.15) is 17.4 Å². The zero-order valence-electron chi connectivity index (χ0n) is 19.4. The smallest absolute Gasteiger partial charge is 0.433 e. The van der Waals surface area contributed by atoms with Gasteiger partial charge >= 0.3 is 6.18 Å². The molecule has 0 bridgehead atoms. The minimum atomic E-state index is -4.55. The van der Waals surface area contributed by atoms with Crippen molar-refractivity contribution in [1.29, 1.82) is 0 Å². The number of piperidine rings is 1. The molecule has 1 aliphatic carbocycles. The van der Waals surface area contributed by atoms with Gasteiger partial charge in [0.1, 0.15) is 17.3 Å². The van der Waals surface area contributed by atoms with Gasteiger partial charge in [0.2, 0.25) is 12.3 Å². The second kappa shape index (κ2) is 8.49. The summed E-state index contributed by atoms with van der Waals surface area (Å²) in [5.41, 5.74) is 1.24. The third-order valence-electron chi connectivity index (χ3n) is 7.12. The van der Waals surface area contributed by atoms with Gasteiger partial charge in [-0.1, -0.05) is 6.07 Å². The normalized spacial score (nSPS) is 22.8. The first-order chi connectivity index (χ1) is 17.7. The zero-order chi connectivity index (χ0) is 25.9. The molecule has 0 spiro atoms. The van der Waals surface area contributed by atoms with E-state index in [1.807, 2.05) is 0 Å². The number of ether oxygens (including phenoxy) is 1. The van der Waals surface area contributed by atoms with Gasteiger partial charge in [-0.2, -0.15) is 13.2 Å². The second-order valence-corrected chi connectivity index (χ2v) is 9.27. The molecule has 1 amide bonds. The Kier molecular flexibility index (Phi) is 5.35. The minimum absolute atomic E-state index is 0.0348. The van der Waals surface area contributed by atoms with Gasteiger partial charge in [0.05, 0.1) is 24.5 Å². The van der Waals surface area contributed by atoms with Gasteiger partial charge in [-0.25, -0.2) is 24.3 Å². The highest BCUT2D eigenvalue weighted by molar-refractivity contribution is 5.73. The maximum atomic E-state index is 13.3. The number of likely N-dealkylation sites (tertiary alicyclic amines) is 1. The van der Waals surface area contributed by atoms with Crippen LogP contribution >= 0.6 is 0 Å². The third-order valence-corrected chi connectivity index (χ3v) is 7.12. The SMILES string of the molecule is Cn1c(-c2ccc(F)cc2)nc2ncc(C3[C@H]4[C@H](COc5cccc(C(F)(F)F)n5)[C@H]4CN3C=O)nc21. The molecule has 0 N–H and O–H groups in total. The summed E-state index contributed by atoms with van der Waals surface area (Å²) in [6, 6.07) is 9.16. The number of halogens is 4. The van der Waals surface area contributed by atoms with E-state index >= 15 is 0 Å². The molecule has 37 heavy (non-hydrogen) atoms. The van der Waals surface area contributed by atoms with E-state index < -0.39 is 11.9 Å². The van der Waals surface area contributed by atoms with Gasteiger partial charge in [0, 0.05) is 31.1 Å². The molecule has 8 nitrogen and oxygen atoms in total. The maximum Gasteiger partial charge on any atom is 0.433 e. The van der Waals surface area contributed by atoms with Crippen molar-refractivity contribution in [2.24, 2.45) is 24.8 Å². The van der Waals surface area contributed by atoms with Crippen LogP contribution in [0.5, 0.6) is 5.88 Å². The number of imidazole rings is 1. The first kappa shape index (κ1) is 23.3. The predicted octanol–water partition coefficient (Wildman–Crippen LogP) is 4.04. The number of amides is 1. The summed E-state index contributed by atoms with van der Waals surface area (Å²) in [5, 5.41) is 0. The van der Waals surface area contributed by atoms with Crippen LogP contribution in [0.25, 0.3) is 22.7 Å².